The highest BCUT2D eigenvalue weighted by molar-refractivity contribution is 5.89. The van der Waals surface area contributed by atoms with E-state index in [-0.39, 0.29) is 0 Å². The lowest BCUT2D eigenvalue weighted by Gasteiger charge is -2.12. The fraction of sp³-hybridized carbons (Fsp3) is 0.217. The van der Waals surface area contributed by atoms with Crippen LogP contribution in [0, 0.1) is 0 Å². The molecule has 4 aromatic heterocycles. The van der Waals surface area contributed by atoms with Crippen LogP contribution >= 0.6 is 0 Å². The molecule has 8 nitrogen and oxygen atoms in total. The molecular formula is C23H22N6O2. The Morgan fingerprint density at radius 1 is 1.23 bits per heavy atom. The maximum absolute atomic E-state index is 9.98. The van der Waals surface area contributed by atoms with Crippen LogP contribution in [0.3, 0.4) is 0 Å². The highest BCUT2D eigenvalue weighted by atomic mass is 16.5. The summed E-state index contributed by atoms with van der Waals surface area (Å²) in [6.07, 6.45) is 7.16. The van der Waals surface area contributed by atoms with Crippen molar-refractivity contribution in [1.29, 1.82) is 0 Å². The van der Waals surface area contributed by atoms with E-state index in [1.54, 1.807) is 13.1 Å². The number of nitrogens with zero attached hydrogens (tertiary/aromatic N) is 4. The fourth-order valence-electron chi connectivity index (χ4n) is 4.25. The molecule has 1 unspecified atom stereocenters. The van der Waals surface area contributed by atoms with Crippen LogP contribution < -0.4 is 5.32 Å². The van der Waals surface area contributed by atoms with Crippen molar-refractivity contribution in [3.05, 3.63) is 66.4 Å². The number of nitrogens with one attached hydrogen (secondary N) is 2. The summed E-state index contributed by atoms with van der Waals surface area (Å²) in [6, 6.07) is 10.4. The van der Waals surface area contributed by atoms with Crippen molar-refractivity contribution in [2.24, 2.45) is 0 Å². The molecule has 3 N–H and O–H groups in total. The largest absolute Gasteiger partial charge is 0.389 e. The second-order valence-electron chi connectivity index (χ2n) is 7.90. The number of benzene rings is 1. The quantitative estimate of drug-likeness (QED) is 0.413. The van der Waals surface area contributed by atoms with Gasteiger partial charge in [-0.1, -0.05) is 12.1 Å². The van der Waals surface area contributed by atoms with Gasteiger partial charge in [-0.15, -0.1) is 0 Å². The van der Waals surface area contributed by atoms with Gasteiger partial charge in [0.15, 0.2) is 11.5 Å². The van der Waals surface area contributed by atoms with Gasteiger partial charge in [0, 0.05) is 52.9 Å². The number of aromatic amines is 1. The van der Waals surface area contributed by atoms with E-state index in [1.807, 2.05) is 27.5 Å². The van der Waals surface area contributed by atoms with Crippen molar-refractivity contribution >= 4 is 28.1 Å². The molecule has 0 saturated heterocycles. The molecule has 0 radical (unpaired) electrons. The van der Waals surface area contributed by atoms with E-state index in [2.05, 4.69) is 50.8 Å². The molecule has 0 aliphatic carbocycles. The third kappa shape index (κ3) is 3.08. The molecule has 1 aromatic carbocycles. The first-order chi connectivity index (χ1) is 15.2. The highest BCUT2D eigenvalue weighted by Gasteiger charge is 2.15. The fourth-order valence-corrected chi connectivity index (χ4v) is 4.25. The van der Waals surface area contributed by atoms with Gasteiger partial charge in [0.05, 0.1) is 37.2 Å². The molecule has 6 rings (SSSR count). The smallest absolute Gasteiger partial charge is 0.160 e. The number of aromatic nitrogens is 5. The summed E-state index contributed by atoms with van der Waals surface area (Å²) in [7, 11) is 0. The molecule has 0 fully saturated rings. The predicted octanol–water partition coefficient (Wildman–Crippen LogP) is 4.01. The van der Waals surface area contributed by atoms with Crippen LogP contribution in [0.4, 0.5) is 11.5 Å². The number of rotatable bonds is 4. The Balaban J connectivity index is 1.42. The average Bonchev–Trinajstić information content (AvgIpc) is 3.50. The number of imidazole rings is 1. The predicted molar refractivity (Wildman–Crippen MR) is 118 cm³/mol. The second-order valence-corrected chi connectivity index (χ2v) is 7.90. The lowest BCUT2D eigenvalue weighted by atomic mass is 10.0. The topological polar surface area (TPSA) is 92.4 Å². The minimum Gasteiger partial charge on any atom is -0.389 e. The van der Waals surface area contributed by atoms with Gasteiger partial charge in [-0.05, 0) is 24.6 Å². The van der Waals surface area contributed by atoms with E-state index in [0.29, 0.717) is 13.2 Å². The number of hydrogen-bond donors (Lipinski definition) is 3. The third-order valence-electron chi connectivity index (χ3n) is 5.81. The van der Waals surface area contributed by atoms with Crippen molar-refractivity contribution in [3.8, 4) is 11.1 Å². The summed E-state index contributed by atoms with van der Waals surface area (Å²) in [5, 5.41) is 19.1. The molecule has 1 aliphatic heterocycles. The number of aliphatic hydroxyl groups is 1. The number of aliphatic hydroxyl groups excluding tert-OH is 1. The van der Waals surface area contributed by atoms with Gasteiger partial charge in [0.1, 0.15) is 0 Å². The Labute approximate surface area is 178 Å². The monoisotopic (exact) mass is 414 g/mol. The van der Waals surface area contributed by atoms with E-state index in [1.165, 1.54) is 0 Å². The standard InChI is InChI=1S/C23H22N6O2/c1-14(30)19-11-25-20-8-15(2-3-18(19)20)16-9-21(23-24-4-5-28(23)12-16)26-22-10-17-13-31-7-6-29(17)27-22/h2-5,8-12,14,25,30H,6-7,13H2,1H3,(H,26,27). The molecule has 5 heterocycles. The first kappa shape index (κ1) is 18.2. The van der Waals surface area contributed by atoms with E-state index in [0.717, 1.165) is 57.0 Å². The van der Waals surface area contributed by atoms with Crippen LogP contribution in [-0.4, -0.2) is 35.9 Å². The highest BCUT2D eigenvalue weighted by Crippen LogP contribution is 2.32. The first-order valence-electron chi connectivity index (χ1n) is 10.3. The van der Waals surface area contributed by atoms with Crippen LogP contribution in [-0.2, 0) is 17.9 Å². The Morgan fingerprint density at radius 2 is 2.16 bits per heavy atom. The number of pyridine rings is 1. The molecule has 0 saturated carbocycles. The zero-order valence-corrected chi connectivity index (χ0v) is 17.0. The van der Waals surface area contributed by atoms with E-state index >= 15 is 0 Å². The van der Waals surface area contributed by atoms with Gasteiger partial charge in [-0.25, -0.2) is 4.98 Å². The molecule has 31 heavy (non-hydrogen) atoms. The molecule has 0 spiro atoms. The molecule has 1 atom stereocenters. The van der Waals surface area contributed by atoms with E-state index in [9.17, 15) is 5.11 Å². The number of anilines is 2. The van der Waals surface area contributed by atoms with Crippen molar-refractivity contribution in [2.75, 3.05) is 11.9 Å². The molecule has 5 aromatic rings. The Bertz CT molecular complexity index is 1390. The summed E-state index contributed by atoms with van der Waals surface area (Å²) in [4.78, 5) is 7.79. The van der Waals surface area contributed by atoms with Crippen molar-refractivity contribution in [1.82, 2.24) is 24.1 Å². The Hall–Kier alpha value is -3.62. The zero-order valence-electron chi connectivity index (χ0n) is 17.0. The van der Waals surface area contributed by atoms with Crippen LogP contribution in [0.2, 0.25) is 0 Å². The Morgan fingerprint density at radius 3 is 3.03 bits per heavy atom. The summed E-state index contributed by atoms with van der Waals surface area (Å²) in [5.41, 5.74) is 6.81. The summed E-state index contributed by atoms with van der Waals surface area (Å²) < 4.78 is 9.52. The summed E-state index contributed by atoms with van der Waals surface area (Å²) >= 11 is 0. The average molecular weight is 414 g/mol. The minimum atomic E-state index is -0.510. The lowest BCUT2D eigenvalue weighted by Crippen LogP contribution is -2.16. The number of hydrogen-bond acceptors (Lipinski definition) is 5. The second kappa shape index (κ2) is 6.97. The van der Waals surface area contributed by atoms with Gasteiger partial charge < -0.3 is 24.5 Å². The van der Waals surface area contributed by atoms with Crippen molar-refractivity contribution in [2.45, 2.75) is 26.2 Å². The molecule has 8 heteroatoms. The van der Waals surface area contributed by atoms with Gasteiger partial charge >= 0.3 is 0 Å². The summed E-state index contributed by atoms with van der Waals surface area (Å²) in [6.45, 7) is 3.81. The van der Waals surface area contributed by atoms with Crippen LogP contribution in [0.25, 0.3) is 27.7 Å². The van der Waals surface area contributed by atoms with E-state index in [4.69, 9.17) is 4.74 Å². The maximum Gasteiger partial charge on any atom is 0.160 e. The molecule has 0 bridgehead atoms. The normalized spacial score (nSPS) is 14.8. The number of ether oxygens (including phenoxy) is 1. The Kier molecular flexibility index (Phi) is 4.09. The van der Waals surface area contributed by atoms with Gasteiger partial charge in [-0.2, -0.15) is 5.10 Å². The number of H-pyrrole nitrogens is 1. The number of fused-ring (bicyclic) bond motifs is 3. The van der Waals surface area contributed by atoms with Crippen LogP contribution in [0.15, 0.2) is 55.1 Å². The molecule has 1 aliphatic rings. The van der Waals surface area contributed by atoms with Gasteiger partial charge in [-0.3, -0.25) is 4.68 Å². The van der Waals surface area contributed by atoms with Crippen molar-refractivity contribution in [3.63, 3.8) is 0 Å². The molecule has 156 valence electrons. The van der Waals surface area contributed by atoms with Gasteiger partial charge in [0.25, 0.3) is 0 Å². The maximum atomic E-state index is 9.98. The summed E-state index contributed by atoms with van der Waals surface area (Å²) in [5.74, 6) is 0.781. The van der Waals surface area contributed by atoms with Crippen LogP contribution in [0.1, 0.15) is 24.3 Å². The van der Waals surface area contributed by atoms with Crippen molar-refractivity contribution < 1.29 is 9.84 Å². The SMILES string of the molecule is CC(O)c1c[nH]c2cc(-c3cc(Nc4cc5n(n4)CCOC5)c4nccn4c3)ccc12. The molecular weight excluding hydrogens is 392 g/mol. The van der Waals surface area contributed by atoms with Crippen LogP contribution in [0.5, 0.6) is 0 Å². The van der Waals surface area contributed by atoms with Gasteiger partial charge in [0.2, 0.25) is 0 Å². The lowest BCUT2D eigenvalue weighted by molar-refractivity contribution is 0.0801. The van der Waals surface area contributed by atoms with E-state index < -0.39 is 6.10 Å². The minimum absolute atomic E-state index is 0.510. The third-order valence-corrected chi connectivity index (χ3v) is 5.81. The molecule has 0 amide bonds. The zero-order chi connectivity index (χ0) is 20.9. The first-order valence-corrected chi connectivity index (χ1v) is 10.3.